The molecule has 0 saturated carbocycles. The summed E-state index contributed by atoms with van der Waals surface area (Å²) >= 11 is 1.43. The van der Waals surface area contributed by atoms with Crippen LogP contribution in [-0.2, 0) is 30.5 Å². The van der Waals surface area contributed by atoms with Crippen molar-refractivity contribution in [2.75, 3.05) is 20.8 Å². The standard InChI is InChI=1S/C23H28N4O6S2/c1-6-16(29)34-22(3)19(31)27-18(14-7-8-15(10-28)25-9-14)21(2,13-24)12-23(27,20(32)26(22)4)35-17(30)11-33-5/h7-9,18,28H,6,10-12H2,1-5H3/t18?,21-,22+,23+/m1/s1. The fraction of sp³-hybridized carbons (Fsp3) is 0.565. The monoisotopic (exact) mass is 520 g/mol. The number of carbonyl (C=O) groups excluding carboxylic acids is 4. The van der Waals surface area contributed by atoms with Crippen molar-refractivity contribution in [2.45, 2.75) is 56.0 Å². The van der Waals surface area contributed by atoms with E-state index in [1.165, 1.54) is 37.1 Å². The number of nitriles is 1. The molecule has 2 aliphatic heterocycles. The van der Waals surface area contributed by atoms with Gasteiger partial charge in [-0.1, -0.05) is 13.0 Å². The van der Waals surface area contributed by atoms with Gasteiger partial charge in [-0.2, -0.15) is 5.26 Å². The Labute approximate surface area is 212 Å². The summed E-state index contributed by atoms with van der Waals surface area (Å²) in [5.74, 6) is -1.10. The van der Waals surface area contributed by atoms with Crippen LogP contribution in [0.5, 0.6) is 0 Å². The number of ether oxygens (including phenoxy) is 1. The van der Waals surface area contributed by atoms with Gasteiger partial charge in [-0.05, 0) is 49.0 Å². The van der Waals surface area contributed by atoms with E-state index >= 15 is 0 Å². The molecule has 2 saturated heterocycles. The Balaban J connectivity index is 2.26. The van der Waals surface area contributed by atoms with Crippen molar-refractivity contribution in [3.63, 3.8) is 0 Å². The molecule has 4 atom stereocenters. The summed E-state index contributed by atoms with van der Waals surface area (Å²) in [4.78, 5) is 56.9. The second kappa shape index (κ2) is 9.89. The molecule has 0 radical (unpaired) electrons. The summed E-state index contributed by atoms with van der Waals surface area (Å²) in [7, 11) is 2.79. The molecule has 0 aliphatic carbocycles. The normalized spacial score (nSPS) is 30.3. The van der Waals surface area contributed by atoms with E-state index < -0.39 is 38.1 Å². The molecular weight excluding hydrogens is 492 g/mol. The van der Waals surface area contributed by atoms with Gasteiger partial charge in [0.25, 0.3) is 11.8 Å². The van der Waals surface area contributed by atoms with Gasteiger partial charge in [0.05, 0.1) is 29.8 Å². The maximum Gasteiger partial charge on any atom is 0.261 e. The van der Waals surface area contributed by atoms with Crippen molar-refractivity contribution >= 4 is 45.6 Å². The topological polar surface area (TPSA) is 141 Å². The van der Waals surface area contributed by atoms with Crippen molar-refractivity contribution in [2.24, 2.45) is 5.41 Å². The minimum atomic E-state index is -1.71. The van der Waals surface area contributed by atoms with E-state index in [0.717, 1.165) is 11.8 Å². The molecule has 0 spiro atoms. The van der Waals surface area contributed by atoms with Crippen molar-refractivity contribution in [3.05, 3.63) is 29.6 Å². The van der Waals surface area contributed by atoms with Gasteiger partial charge in [0.1, 0.15) is 6.61 Å². The van der Waals surface area contributed by atoms with Gasteiger partial charge >= 0.3 is 0 Å². The number of pyridine rings is 1. The number of thioether (sulfide) groups is 2. The van der Waals surface area contributed by atoms with Gasteiger partial charge in [0.2, 0.25) is 5.12 Å². The molecule has 0 bridgehead atoms. The van der Waals surface area contributed by atoms with Crippen LogP contribution < -0.4 is 0 Å². The Hall–Kier alpha value is -2.46. The van der Waals surface area contributed by atoms with E-state index in [1.54, 1.807) is 26.0 Å². The summed E-state index contributed by atoms with van der Waals surface area (Å²) in [5.41, 5.74) is -0.386. The molecule has 2 aliphatic rings. The molecule has 1 N–H and O–H groups in total. The smallest absolute Gasteiger partial charge is 0.261 e. The number of methoxy groups -OCH3 is 1. The SMILES string of the molecule is CCC(=O)S[C@@]1(C)C(=O)N2C(c3ccc(CO)nc3)[C@@](C)(C#N)C[C@]2(SC(=O)COC)C(=O)N1C. The quantitative estimate of drug-likeness (QED) is 0.566. The number of carbonyl (C=O) groups is 4. The molecule has 1 unspecified atom stereocenters. The van der Waals surface area contributed by atoms with Crippen LogP contribution in [-0.4, -0.2) is 72.4 Å². The molecule has 2 amide bonds. The van der Waals surface area contributed by atoms with Crippen LogP contribution in [0.3, 0.4) is 0 Å². The van der Waals surface area contributed by atoms with Gasteiger partial charge in [0.15, 0.2) is 14.9 Å². The molecule has 10 nitrogen and oxygen atoms in total. The molecule has 188 valence electrons. The summed E-state index contributed by atoms with van der Waals surface area (Å²) in [6, 6.07) is 4.56. The fourth-order valence-corrected chi connectivity index (χ4v) is 7.06. The Kier molecular flexibility index (Phi) is 7.67. The number of hydrogen-bond donors (Lipinski definition) is 1. The van der Waals surface area contributed by atoms with Crippen LogP contribution in [0.25, 0.3) is 0 Å². The Morgan fingerprint density at radius 3 is 2.46 bits per heavy atom. The van der Waals surface area contributed by atoms with E-state index in [4.69, 9.17) is 4.74 Å². The molecular formula is C23H28N4O6S2. The third-order valence-corrected chi connectivity index (χ3v) is 9.04. The Bertz CT molecular complexity index is 1090. The highest BCUT2D eigenvalue weighted by Crippen LogP contribution is 2.62. The first-order valence-electron chi connectivity index (χ1n) is 11.0. The van der Waals surface area contributed by atoms with Crippen LogP contribution >= 0.6 is 23.5 Å². The van der Waals surface area contributed by atoms with Gasteiger partial charge in [-0.25, -0.2) is 0 Å². The van der Waals surface area contributed by atoms with E-state index in [0.29, 0.717) is 23.0 Å². The number of aliphatic hydroxyl groups excluding tert-OH is 1. The summed E-state index contributed by atoms with van der Waals surface area (Å²) in [6.45, 7) is 4.24. The number of nitrogens with zero attached hydrogens (tertiary/aromatic N) is 4. The minimum Gasteiger partial charge on any atom is -0.390 e. The maximum absolute atomic E-state index is 14.2. The van der Waals surface area contributed by atoms with Crippen LogP contribution in [0.1, 0.15) is 50.9 Å². The predicted molar refractivity (Wildman–Crippen MR) is 129 cm³/mol. The molecule has 1 aromatic rings. The van der Waals surface area contributed by atoms with Gasteiger partial charge in [-0.3, -0.25) is 24.2 Å². The average Bonchev–Trinajstić information content (AvgIpc) is 3.11. The van der Waals surface area contributed by atoms with Gasteiger partial charge in [0, 0.05) is 33.2 Å². The lowest BCUT2D eigenvalue weighted by molar-refractivity contribution is -0.163. The predicted octanol–water partition coefficient (Wildman–Crippen LogP) is 1.84. The molecule has 35 heavy (non-hydrogen) atoms. The lowest BCUT2D eigenvalue weighted by Gasteiger charge is -2.52. The number of piperazine rings is 1. The van der Waals surface area contributed by atoms with E-state index in [2.05, 4.69) is 11.1 Å². The van der Waals surface area contributed by atoms with Gasteiger partial charge in [-0.15, -0.1) is 0 Å². The highest BCUT2D eigenvalue weighted by atomic mass is 32.2. The van der Waals surface area contributed by atoms with Crippen LogP contribution in [0.2, 0.25) is 0 Å². The van der Waals surface area contributed by atoms with Crippen LogP contribution in [0, 0.1) is 16.7 Å². The molecule has 3 heterocycles. The first-order chi connectivity index (χ1) is 16.4. The van der Waals surface area contributed by atoms with Crippen LogP contribution in [0.4, 0.5) is 0 Å². The van der Waals surface area contributed by atoms with Crippen molar-refractivity contribution in [3.8, 4) is 6.07 Å². The molecule has 2 fully saturated rings. The van der Waals surface area contributed by atoms with Crippen molar-refractivity contribution in [1.82, 2.24) is 14.8 Å². The third kappa shape index (κ3) is 4.35. The van der Waals surface area contributed by atoms with Crippen molar-refractivity contribution < 1.29 is 29.0 Å². The maximum atomic E-state index is 14.2. The first kappa shape index (κ1) is 27.1. The number of aliphatic hydroxyl groups is 1. The molecule has 3 rings (SSSR count). The first-order valence-corrected chi connectivity index (χ1v) is 12.6. The number of likely N-dealkylation sites (N-methyl/N-ethyl adjacent to an activating group) is 1. The third-order valence-electron chi connectivity index (χ3n) is 6.48. The number of rotatable bonds is 7. The summed E-state index contributed by atoms with van der Waals surface area (Å²) < 4.78 is 4.96. The molecule has 1 aromatic heterocycles. The lowest BCUT2D eigenvalue weighted by atomic mass is 9.80. The highest BCUT2D eigenvalue weighted by molar-refractivity contribution is 8.16. The second-order valence-electron chi connectivity index (χ2n) is 8.89. The van der Waals surface area contributed by atoms with Crippen molar-refractivity contribution in [1.29, 1.82) is 5.26 Å². The van der Waals surface area contributed by atoms with E-state index in [9.17, 15) is 29.5 Å². The fourth-order valence-electron chi connectivity index (χ4n) is 4.64. The molecule has 12 heteroatoms. The zero-order valence-corrected chi connectivity index (χ0v) is 21.9. The Morgan fingerprint density at radius 1 is 1.26 bits per heavy atom. The Morgan fingerprint density at radius 2 is 1.94 bits per heavy atom. The molecule has 0 aromatic carbocycles. The minimum absolute atomic E-state index is 0.111. The number of aromatic nitrogens is 1. The largest absolute Gasteiger partial charge is 0.390 e. The summed E-state index contributed by atoms with van der Waals surface area (Å²) in [6.07, 6.45) is 1.51. The summed E-state index contributed by atoms with van der Waals surface area (Å²) in [5, 5.41) is 18.9. The average molecular weight is 521 g/mol. The van der Waals surface area contributed by atoms with E-state index in [-0.39, 0.29) is 31.2 Å². The zero-order chi connectivity index (χ0) is 26.2. The highest BCUT2D eigenvalue weighted by Gasteiger charge is 2.71. The van der Waals surface area contributed by atoms with Gasteiger partial charge < -0.3 is 19.6 Å². The number of fused-ring (bicyclic) bond motifs is 1. The lowest BCUT2D eigenvalue weighted by Crippen LogP contribution is -2.71. The zero-order valence-electron chi connectivity index (χ0n) is 20.2. The number of amides is 2. The number of hydrogen-bond acceptors (Lipinski definition) is 10. The van der Waals surface area contributed by atoms with Crippen LogP contribution in [0.15, 0.2) is 18.3 Å². The second-order valence-corrected chi connectivity index (χ2v) is 11.7. The van der Waals surface area contributed by atoms with E-state index in [1.807, 2.05) is 0 Å².